The van der Waals surface area contributed by atoms with E-state index in [0.29, 0.717) is 0 Å². The third-order valence-electron chi connectivity index (χ3n) is 2.98. The van der Waals surface area contributed by atoms with Crippen LogP contribution in [0.15, 0.2) is 18.2 Å². The van der Waals surface area contributed by atoms with E-state index in [0.717, 1.165) is 0 Å². The van der Waals surface area contributed by atoms with Gasteiger partial charge in [0.15, 0.2) is 0 Å². The molecule has 1 aromatic rings. The highest BCUT2D eigenvalue weighted by Gasteiger charge is 2.16. The Balaban J connectivity index is 3.11. The average molecular weight is 337 g/mol. The number of nitrogens with two attached hydrogens (primary N) is 2. The molecule has 1 rings (SSSR count). The first-order valence-electron chi connectivity index (χ1n) is 7.54. The van der Waals surface area contributed by atoms with Gasteiger partial charge in [-0.25, -0.2) is 0 Å². The van der Waals surface area contributed by atoms with Crippen LogP contribution in [-0.4, -0.2) is 62.2 Å². The fraction of sp³-hybridized carbons (Fsp3) is 0.400. The summed E-state index contributed by atoms with van der Waals surface area (Å²) in [7, 11) is 0. The minimum Gasteiger partial charge on any atom is -0.395 e. The molecule has 0 fully saturated rings. The van der Waals surface area contributed by atoms with E-state index in [1.807, 2.05) is 0 Å². The number of rotatable bonds is 9. The molecule has 0 spiro atoms. The van der Waals surface area contributed by atoms with Crippen LogP contribution in [0, 0.1) is 0 Å². The molecule has 24 heavy (non-hydrogen) atoms. The minimum absolute atomic E-state index is 0.0666. The number of hydrogen-bond donors (Lipinski definition) is 6. The molecule has 0 aliphatic heterocycles. The quantitative estimate of drug-likeness (QED) is 0.299. The number of aliphatic hydroxyl groups excluding tert-OH is 1. The van der Waals surface area contributed by atoms with Gasteiger partial charge < -0.3 is 32.5 Å². The van der Waals surface area contributed by atoms with Crippen molar-refractivity contribution in [2.45, 2.75) is 0 Å². The summed E-state index contributed by atoms with van der Waals surface area (Å²) in [5.41, 5.74) is 11.2. The molecule has 0 aromatic heterocycles. The molecule has 8 N–H and O–H groups in total. The number of hydrogen-bond acceptors (Lipinski definition) is 6. The third kappa shape index (κ3) is 5.95. The van der Waals surface area contributed by atoms with Crippen LogP contribution in [0.1, 0.15) is 31.1 Å². The normalized spacial score (nSPS) is 10.1. The van der Waals surface area contributed by atoms with Crippen molar-refractivity contribution in [1.29, 1.82) is 0 Å². The molecule has 0 bridgehead atoms. The molecule has 0 saturated heterocycles. The van der Waals surface area contributed by atoms with Gasteiger partial charge in [0.1, 0.15) is 0 Å². The summed E-state index contributed by atoms with van der Waals surface area (Å²) >= 11 is 0. The Morgan fingerprint density at radius 3 is 1.38 bits per heavy atom. The molecule has 0 aliphatic rings. The van der Waals surface area contributed by atoms with Crippen molar-refractivity contribution in [2.24, 2.45) is 11.5 Å². The van der Waals surface area contributed by atoms with Crippen LogP contribution in [0.25, 0.3) is 0 Å². The molecular weight excluding hydrogens is 314 g/mol. The van der Waals surface area contributed by atoms with Crippen LogP contribution in [-0.2, 0) is 0 Å². The molecule has 0 atom stereocenters. The summed E-state index contributed by atoms with van der Waals surface area (Å²) in [4.78, 5) is 36.2. The van der Waals surface area contributed by atoms with E-state index in [9.17, 15) is 14.4 Å². The molecule has 0 unspecified atom stereocenters. The Kier molecular flexibility index (Phi) is 8.41. The van der Waals surface area contributed by atoms with E-state index < -0.39 is 17.7 Å². The zero-order valence-corrected chi connectivity index (χ0v) is 13.3. The monoisotopic (exact) mass is 337 g/mol. The molecule has 0 heterocycles. The van der Waals surface area contributed by atoms with E-state index in [4.69, 9.17) is 16.6 Å². The highest BCUT2D eigenvalue weighted by molar-refractivity contribution is 6.04. The van der Waals surface area contributed by atoms with Crippen molar-refractivity contribution in [3.05, 3.63) is 34.9 Å². The molecule has 9 nitrogen and oxygen atoms in total. The topological polar surface area (TPSA) is 160 Å². The standard InChI is InChI=1S/C15H23N5O4/c16-1-3-18-13(22)10-7-11(14(23)19-4-2-17)9-12(8-10)15(24)20-5-6-21/h7-9,21H,1-6,16-17H2,(H,18,22)(H,19,23)(H,20,24). The number of aliphatic hydroxyl groups is 1. The largest absolute Gasteiger partial charge is 0.395 e. The van der Waals surface area contributed by atoms with Gasteiger partial charge in [-0.3, -0.25) is 14.4 Å². The number of carbonyl (C=O) groups is 3. The van der Waals surface area contributed by atoms with Gasteiger partial charge in [0, 0.05) is 49.4 Å². The number of nitrogens with one attached hydrogen (secondary N) is 3. The van der Waals surface area contributed by atoms with Crippen LogP contribution in [0.5, 0.6) is 0 Å². The summed E-state index contributed by atoms with van der Waals surface area (Å²) in [5.74, 6) is -1.37. The Bertz CT molecular complexity index is 498. The smallest absolute Gasteiger partial charge is 0.251 e. The Morgan fingerprint density at radius 1 is 0.750 bits per heavy atom. The highest BCUT2D eigenvalue weighted by atomic mass is 16.3. The fourth-order valence-electron chi connectivity index (χ4n) is 1.87. The van der Waals surface area contributed by atoms with Crippen molar-refractivity contribution in [3.8, 4) is 0 Å². The Labute approximate surface area is 139 Å². The van der Waals surface area contributed by atoms with E-state index in [1.165, 1.54) is 18.2 Å². The van der Waals surface area contributed by atoms with Gasteiger partial charge in [0.05, 0.1) is 6.61 Å². The SMILES string of the molecule is NCCNC(=O)c1cc(C(=O)NCCN)cc(C(=O)NCCO)c1. The predicted molar refractivity (Wildman–Crippen MR) is 88.6 cm³/mol. The molecule has 1 aromatic carbocycles. The van der Waals surface area contributed by atoms with Gasteiger partial charge >= 0.3 is 0 Å². The maximum atomic E-state index is 12.1. The van der Waals surface area contributed by atoms with Gasteiger partial charge in [0.2, 0.25) is 0 Å². The lowest BCUT2D eigenvalue weighted by Crippen LogP contribution is -2.32. The molecule has 0 aliphatic carbocycles. The maximum Gasteiger partial charge on any atom is 0.251 e. The molecule has 0 radical (unpaired) electrons. The second-order valence-electron chi connectivity index (χ2n) is 4.87. The molecular formula is C15H23N5O4. The molecule has 132 valence electrons. The summed E-state index contributed by atoms with van der Waals surface area (Å²) in [6, 6.07) is 4.14. The van der Waals surface area contributed by atoms with Gasteiger partial charge in [-0.2, -0.15) is 0 Å². The van der Waals surface area contributed by atoms with E-state index >= 15 is 0 Å². The predicted octanol–water partition coefficient (Wildman–Crippen LogP) is -2.21. The average Bonchev–Trinajstić information content (AvgIpc) is 2.61. The molecule has 9 heteroatoms. The van der Waals surface area contributed by atoms with Gasteiger partial charge in [-0.05, 0) is 18.2 Å². The lowest BCUT2D eigenvalue weighted by molar-refractivity contribution is 0.0944. The molecule has 3 amide bonds. The maximum absolute atomic E-state index is 12.1. The van der Waals surface area contributed by atoms with Crippen molar-refractivity contribution >= 4 is 17.7 Å². The summed E-state index contributed by atoms with van der Waals surface area (Å²) in [5, 5.41) is 16.4. The first kappa shape index (κ1) is 19.6. The summed E-state index contributed by atoms with van der Waals surface area (Å²) in [6.07, 6.45) is 0. The van der Waals surface area contributed by atoms with Crippen molar-refractivity contribution in [2.75, 3.05) is 39.3 Å². The fourth-order valence-corrected chi connectivity index (χ4v) is 1.87. The van der Waals surface area contributed by atoms with Gasteiger partial charge in [-0.15, -0.1) is 0 Å². The lowest BCUT2D eigenvalue weighted by Gasteiger charge is -2.10. The van der Waals surface area contributed by atoms with Crippen molar-refractivity contribution in [3.63, 3.8) is 0 Å². The number of amides is 3. The second kappa shape index (κ2) is 10.3. The van der Waals surface area contributed by atoms with Crippen LogP contribution in [0.3, 0.4) is 0 Å². The van der Waals surface area contributed by atoms with E-state index in [-0.39, 0.29) is 56.0 Å². The van der Waals surface area contributed by atoms with E-state index in [2.05, 4.69) is 16.0 Å². The van der Waals surface area contributed by atoms with Crippen LogP contribution >= 0.6 is 0 Å². The first-order chi connectivity index (χ1) is 11.5. The second-order valence-corrected chi connectivity index (χ2v) is 4.87. The lowest BCUT2D eigenvalue weighted by atomic mass is 10.0. The number of benzene rings is 1. The number of carbonyl (C=O) groups excluding carboxylic acids is 3. The first-order valence-corrected chi connectivity index (χ1v) is 7.54. The Hall–Kier alpha value is -2.49. The van der Waals surface area contributed by atoms with Crippen molar-refractivity contribution < 1.29 is 19.5 Å². The minimum atomic E-state index is -0.495. The highest BCUT2D eigenvalue weighted by Crippen LogP contribution is 2.11. The van der Waals surface area contributed by atoms with Crippen LogP contribution in [0.2, 0.25) is 0 Å². The third-order valence-corrected chi connectivity index (χ3v) is 2.98. The summed E-state index contributed by atoms with van der Waals surface area (Å²) < 4.78 is 0. The Morgan fingerprint density at radius 2 is 1.08 bits per heavy atom. The zero-order chi connectivity index (χ0) is 17.9. The summed E-state index contributed by atoms with van der Waals surface area (Å²) in [6.45, 7) is 0.935. The van der Waals surface area contributed by atoms with E-state index in [1.54, 1.807) is 0 Å². The molecule has 0 saturated carbocycles. The van der Waals surface area contributed by atoms with Crippen LogP contribution in [0.4, 0.5) is 0 Å². The zero-order valence-electron chi connectivity index (χ0n) is 13.3. The van der Waals surface area contributed by atoms with Gasteiger partial charge in [-0.1, -0.05) is 0 Å². The van der Waals surface area contributed by atoms with Crippen LogP contribution < -0.4 is 27.4 Å². The van der Waals surface area contributed by atoms with Gasteiger partial charge in [0.25, 0.3) is 17.7 Å². The van der Waals surface area contributed by atoms with Crippen molar-refractivity contribution in [1.82, 2.24) is 16.0 Å².